The van der Waals surface area contributed by atoms with Crippen molar-refractivity contribution in [2.24, 2.45) is 0 Å². The van der Waals surface area contributed by atoms with Gasteiger partial charge in [0, 0.05) is 18.2 Å². The Balaban J connectivity index is 1.89. The lowest BCUT2D eigenvalue weighted by atomic mass is 9.86. The highest BCUT2D eigenvalue weighted by atomic mass is 32.2. The third-order valence-electron chi connectivity index (χ3n) is 6.33. The maximum atomic E-state index is 14.1. The summed E-state index contributed by atoms with van der Waals surface area (Å²) in [6, 6.07) is 16.8. The number of aryl methyl sites for hydroxylation is 3. The van der Waals surface area contributed by atoms with Gasteiger partial charge in [-0.1, -0.05) is 47.0 Å². The average molecular weight is 447 g/mol. The van der Waals surface area contributed by atoms with Crippen molar-refractivity contribution in [2.45, 2.75) is 31.2 Å². The van der Waals surface area contributed by atoms with Gasteiger partial charge in [0.2, 0.25) is 11.3 Å². The van der Waals surface area contributed by atoms with Gasteiger partial charge in [-0.3, -0.25) is 9.59 Å². The fourth-order valence-corrected chi connectivity index (χ4v) is 6.45. The Bertz CT molecular complexity index is 1430. The van der Waals surface area contributed by atoms with Gasteiger partial charge in [-0.05, 0) is 51.1 Å². The van der Waals surface area contributed by atoms with E-state index in [2.05, 4.69) is 0 Å². The second-order valence-corrected chi connectivity index (χ2v) is 10.3. The number of carbonyl (C=O) groups is 2. The minimum Gasteiger partial charge on any atom is -0.312 e. The first-order valence-electron chi connectivity index (χ1n) is 10.3. The molecule has 0 aliphatic carbocycles. The zero-order valence-corrected chi connectivity index (χ0v) is 19.0. The van der Waals surface area contributed by atoms with E-state index in [0.717, 1.165) is 21.0 Å². The van der Waals surface area contributed by atoms with Crippen LogP contribution in [0, 0.1) is 20.8 Å². The molecule has 0 N–H and O–H groups in total. The van der Waals surface area contributed by atoms with Crippen LogP contribution in [0.2, 0.25) is 0 Å². The second kappa shape index (κ2) is 6.53. The number of hydrogen-bond acceptors (Lipinski definition) is 4. The number of hydrogen-bond donors (Lipinski definition) is 0. The summed E-state index contributed by atoms with van der Waals surface area (Å²) in [6.45, 7) is 5.55. The summed E-state index contributed by atoms with van der Waals surface area (Å²) in [5.74, 6) is -1.10. The molecule has 1 atom stereocenters. The molecule has 1 spiro atoms. The number of carbonyl (C=O) groups excluding carboxylic acids is 2. The molecule has 2 aliphatic rings. The first-order valence-corrected chi connectivity index (χ1v) is 11.7. The normalized spacial score (nSPS) is 19.6. The van der Waals surface area contributed by atoms with E-state index in [1.54, 1.807) is 49.5 Å². The fourth-order valence-electron chi connectivity index (χ4n) is 4.72. The number of fused-ring (bicyclic) bond motifs is 3. The number of benzene rings is 3. The standard InChI is InChI=1S/C25H22N2O4S/c1-15-5-9-18(10-6-15)32(30,31)27-21-11-7-16(2)13-19(21)23(28)25(27)20-14-17(3)8-12-22(20)26(4)24(25)29/h5-14H,1-4H3. The summed E-state index contributed by atoms with van der Waals surface area (Å²) in [4.78, 5) is 29.2. The van der Waals surface area contributed by atoms with Crippen LogP contribution in [0.5, 0.6) is 0 Å². The van der Waals surface area contributed by atoms with Crippen molar-refractivity contribution in [3.05, 3.63) is 88.5 Å². The zero-order chi connectivity index (χ0) is 23.0. The maximum Gasteiger partial charge on any atom is 0.266 e. The number of amides is 1. The summed E-state index contributed by atoms with van der Waals surface area (Å²) in [5, 5.41) is 0. The van der Waals surface area contributed by atoms with Crippen LogP contribution in [0.25, 0.3) is 0 Å². The number of ketones is 1. The molecule has 7 heteroatoms. The number of likely N-dealkylation sites (N-methyl/N-ethyl adjacent to an activating group) is 1. The minimum atomic E-state index is -4.25. The Kier molecular flexibility index (Phi) is 4.17. The van der Waals surface area contributed by atoms with Crippen LogP contribution in [0.15, 0.2) is 65.6 Å². The van der Waals surface area contributed by atoms with E-state index in [-0.39, 0.29) is 16.1 Å². The first kappa shape index (κ1) is 20.5. The molecule has 1 amide bonds. The Hall–Kier alpha value is -3.45. The molecule has 32 heavy (non-hydrogen) atoms. The van der Waals surface area contributed by atoms with Crippen molar-refractivity contribution in [3.63, 3.8) is 0 Å². The van der Waals surface area contributed by atoms with E-state index >= 15 is 0 Å². The second-order valence-electron chi connectivity index (χ2n) is 8.53. The predicted molar refractivity (Wildman–Crippen MR) is 123 cm³/mol. The van der Waals surface area contributed by atoms with E-state index in [4.69, 9.17) is 0 Å². The molecule has 5 rings (SSSR count). The van der Waals surface area contributed by atoms with Crippen LogP contribution < -0.4 is 9.21 Å². The quantitative estimate of drug-likeness (QED) is 0.560. The molecule has 162 valence electrons. The molecule has 3 aromatic carbocycles. The van der Waals surface area contributed by atoms with Crippen molar-refractivity contribution in [2.75, 3.05) is 16.3 Å². The van der Waals surface area contributed by atoms with E-state index in [1.165, 1.54) is 17.0 Å². The van der Waals surface area contributed by atoms with Gasteiger partial charge in [0.1, 0.15) is 0 Å². The van der Waals surface area contributed by atoms with Gasteiger partial charge >= 0.3 is 0 Å². The SMILES string of the molecule is Cc1ccc(S(=O)(=O)N2c3ccc(C)cc3C(=O)C23C(=O)N(C)c2ccc(C)cc23)cc1. The van der Waals surface area contributed by atoms with Crippen molar-refractivity contribution in [1.29, 1.82) is 0 Å². The Morgan fingerprint density at radius 3 is 1.97 bits per heavy atom. The van der Waals surface area contributed by atoms with Crippen molar-refractivity contribution < 1.29 is 18.0 Å². The molecule has 0 fully saturated rings. The largest absolute Gasteiger partial charge is 0.312 e. The van der Waals surface area contributed by atoms with Gasteiger partial charge in [-0.25, -0.2) is 12.7 Å². The summed E-state index contributed by atoms with van der Waals surface area (Å²) in [6.07, 6.45) is 0. The highest BCUT2D eigenvalue weighted by Gasteiger charge is 2.67. The van der Waals surface area contributed by atoms with E-state index in [1.807, 2.05) is 26.8 Å². The number of nitrogens with zero attached hydrogens (tertiary/aromatic N) is 2. The molecule has 2 heterocycles. The van der Waals surface area contributed by atoms with Crippen LogP contribution in [-0.4, -0.2) is 27.2 Å². The molecule has 6 nitrogen and oxygen atoms in total. The zero-order valence-electron chi connectivity index (χ0n) is 18.2. The maximum absolute atomic E-state index is 14.1. The molecule has 1 unspecified atom stereocenters. The lowest BCUT2D eigenvalue weighted by Crippen LogP contribution is -2.56. The molecule has 0 bridgehead atoms. The Labute approximate surface area is 187 Å². The molecule has 0 aromatic heterocycles. The van der Waals surface area contributed by atoms with E-state index in [9.17, 15) is 18.0 Å². The molecule has 0 saturated heterocycles. The lowest BCUT2D eigenvalue weighted by molar-refractivity contribution is -0.120. The van der Waals surface area contributed by atoms with Gasteiger partial charge in [0.05, 0.1) is 16.3 Å². The van der Waals surface area contributed by atoms with Gasteiger partial charge in [0.25, 0.3) is 15.9 Å². The Morgan fingerprint density at radius 2 is 1.31 bits per heavy atom. The molecular formula is C25H22N2O4S. The van der Waals surface area contributed by atoms with Crippen LogP contribution in [0.1, 0.15) is 32.6 Å². The highest BCUT2D eigenvalue weighted by Crippen LogP contribution is 2.54. The van der Waals surface area contributed by atoms with Crippen LogP contribution >= 0.6 is 0 Å². The smallest absolute Gasteiger partial charge is 0.266 e. The lowest BCUT2D eigenvalue weighted by Gasteiger charge is -2.33. The van der Waals surface area contributed by atoms with E-state index in [0.29, 0.717) is 11.3 Å². The van der Waals surface area contributed by atoms with Gasteiger partial charge in [0.15, 0.2) is 0 Å². The molecule has 0 saturated carbocycles. The van der Waals surface area contributed by atoms with Gasteiger partial charge < -0.3 is 4.90 Å². The summed E-state index contributed by atoms with van der Waals surface area (Å²) < 4.78 is 29.1. The van der Waals surface area contributed by atoms with Crippen molar-refractivity contribution in [1.82, 2.24) is 0 Å². The molecule has 2 aliphatic heterocycles. The topological polar surface area (TPSA) is 74.8 Å². The predicted octanol–water partition coefficient (Wildman–Crippen LogP) is 3.88. The highest BCUT2D eigenvalue weighted by molar-refractivity contribution is 7.93. The minimum absolute atomic E-state index is 0.0280. The van der Waals surface area contributed by atoms with Crippen LogP contribution in [0.3, 0.4) is 0 Å². The Morgan fingerprint density at radius 1 is 0.750 bits per heavy atom. The van der Waals surface area contributed by atoms with Crippen LogP contribution in [0.4, 0.5) is 11.4 Å². The molecular weight excluding hydrogens is 424 g/mol. The van der Waals surface area contributed by atoms with Gasteiger partial charge in [-0.15, -0.1) is 0 Å². The van der Waals surface area contributed by atoms with E-state index < -0.39 is 27.3 Å². The number of rotatable bonds is 2. The third kappa shape index (κ3) is 2.42. The third-order valence-corrected chi connectivity index (χ3v) is 8.14. The number of Topliss-reactive ketones (excluding diaryl/α,β-unsaturated/α-hetero) is 1. The van der Waals surface area contributed by atoms with Crippen molar-refractivity contribution >= 4 is 33.1 Å². The molecule has 3 aromatic rings. The monoisotopic (exact) mass is 446 g/mol. The fraction of sp³-hybridized carbons (Fsp3) is 0.200. The number of anilines is 2. The summed E-state index contributed by atoms with van der Waals surface area (Å²) in [5.41, 5.74) is 1.92. The van der Waals surface area contributed by atoms with Crippen LogP contribution in [-0.2, 0) is 20.4 Å². The summed E-state index contributed by atoms with van der Waals surface area (Å²) in [7, 11) is -2.68. The van der Waals surface area contributed by atoms with Crippen molar-refractivity contribution in [3.8, 4) is 0 Å². The summed E-state index contributed by atoms with van der Waals surface area (Å²) >= 11 is 0. The number of sulfonamides is 1. The molecule has 0 radical (unpaired) electrons. The van der Waals surface area contributed by atoms with Gasteiger partial charge in [-0.2, -0.15) is 0 Å². The average Bonchev–Trinajstić information content (AvgIpc) is 3.13. The first-order chi connectivity index (χ1) is 15.1.